The normalized spacial score (nSPS) is 14.0. The van der Waals surface area contributed by atoms with Crippen molar-refractivity contribution in [1.29, 1.82) is 0 Å². The minimum absolute atomic E-state index is 0.147. The van der Waals surface area contributed by atoms with Crippen molar-refractivity contribution in [2.24, 2.45) is 5.92 Å². The maximum Gasteiger partial charge on any atom is 0.331 e. The molecule has 68 valence electrons. The van der Waals surface area contributed by atoms with Crippen molar-refractivity contribution in [2.75, 3.05) is 0 Å². The van der Waals surface area contributed by atoms with E-state index in [1.807, 2.05) is 0 Å². The van der Waals surface area contributed by atoms with Crippen LogP contribution in [0.4, 0.5) is 0 Å². The molecule has 0 bridgehead atoms. The van der Waals surface area contributed by atoms with Crippen molar-refractivity contribution in [3.8, 4) is 0 Å². The quantitative estimate of drug-likeness (QED) is 0.623. The number of aliphatic carboxylic acids is 2. The minimum atomic E-state index is -1.05. The van der Waals surface area contributed by atoms with E-state index in [0.717, 1.165) is 0 Å². The lowest BCUT2D eigenvalue weighted by atomic mass is 9.98. The fourth-order valence-electron chi connectivity index (χ4n) is 0.991. The predicted molar refractivity (Wildman–Crippen MR) is 42.8 cm³/mol. The molecule has 0 aliphatic carbocycles. The van der Waals surface area contributed by atoms with Crippen LogP contribution in [0.15, 0.2) is 11.6 Å². The molecule has 4 nitrogen and oxygen atoms in total. The van der Waals surface area contributed by atoms with Gasteiger partial charge in [0.2, 0.25) is 0 Å². The van der Waals surface area contributed by atoms with Crippen LogP contribution in [0, 0.1) is 5.92 Å². The number of carbonyl (C=O) groups is 2. The van der Waals surface area contributed by atoms with Crippen LogP contribution in [-0.4, -0.2) is 22.2 Å². The molecular weight excluding hydrogens is 160 g/mol. The Morgan fingerprint density at radius 2 is 1.92 bits per heavy atom. The van der Waals surface area contributed by atoms with Crippen molar-refractivity contribution in [2.45, 2.75) is 20.3 Å². The van der Waals surface area contributed by atoms with Gasteiger partial charge in [-0.1, -0.05) is 13.0 Å². The number of rotatable bonds is 4. The highest BCUT2D eigenvalue weighted by molar-refractivity contribution is 5.87. The zero-order chi connectivity index (χ0) is 9.72. The summed E-state index contributed by atoms with van der Waals surface area (Å²) in [4.78, 5) is 20.7. The van der Waals surface area contributed by atoms with E-state index >= 15 is 0 Å². The summed E-state index contributed by atoms with van der Waals surface area (Å²) in [5.41, 5.74) is 0.150. The molecule has 0 aliphatic rings. The molecule has 4 heteroatoms. The summed E-state index contributed by atoms with van der Waals surface area (Å²) in [6.07, 6.45) is 1.28. The number of allylic oxidation sites excluding steroid dienone is 1. The fourth-order valence-corrected chi connectivity index (χ4v) is 0.991. The van der Waals surface area contributed by atoms with Gasteiger partial charge in [-0.25, -0.2) is 4.79 Å². The average molecular weight is 172 g/mol. The zero-order valence-electron chi connectivity index (χ0n) is 7.07. The SMILES string of the molecule is C/C=C(/C(=O)O)C(C)CC(=O)O. The highest BCUT2D eigenvalue weighted by Crippen LogP contribution is 2.14. The molecule has 0 radical (unpaired) electrons. The van der Waals surface area contributed by atoms with Crippen molar-refractivity contribution < 1.29 is 19.8 Å². The van der Waals surface area contributed by atoms with E-state index in [2.05, 4.69) is 0 Å². The maximum atomic E-state index is 10.5. The lowest BCUT2D eigenvalue weighted by Gasteiger charge is -2.08. The van der Waals surface area contributed by atoms with Gasteiger partial charge in [0.05, 0.1) is 6.42 Å². The van der Waals surface area contributed by atoms with Crippen molar-refractivity contribution in [3.05, 3.63) is 11.6 Å². The molecule has 0 saturated carbocycles. The molecule has 0 spiro atoms. The Balaban J connectivity index is 4.34. The lowest BCUT2D eigenvalue weighted by molar-refractivity contribution is -0.138. The number of carboxylic acids is 2. The van der Waals surface area contributed by atoms with Gasteiger partial charge in [-0.05, 0) is 12.8 Å². The second-order valence-corrected chi connectivity index (χ2v) is 2.55. The van der Waals surface area contributed by atoms with Crippen LogP contribution < -0.4 is 0 Å². The fraction of sp³-hybridized carbons (Fsp3) is 0.500. The smallest absolute Gasteiger partial charge is 0.331 e. The standard InChI is InChI=1S/C8H12O4/c1-3-6(8(11)12)5(2)4-7(9)10/h3,5H,4H2,1-2H3,(H,9,10)(H,11,12)/b6-3+. The van der Waals surface area contributed by atoms with Crippen LogP contribution in [0.3, 0.4) is 0 Å². The molecular formula is C8H12O4. The molecule has 0 aromatic heterocycles. The van der Waals surface area contributed by atoms with Gasteiger partial charge in [0.25, 0.3) is 0 Å². The first kappa shape index (κ1) is 10.7. The molecule has 1 atom stereocenters. The number of carboxylic acid groups (broad SMARTS) is 2. The highest BCUT2D eigenvalue weighted by atomic mass is 16.4. The summed E-state index contributed by atoms with van der Waals surface area (Å²) < 4.78 is 0. The van der Waals surface area contributed by atoms with E-state index in [1.165, 1.54) is 6.08 Å². The Hall–Kier alpha value is -1.32. The number of hydrogen-bond acceptors (Lipinski definition) is 2. The first-order valence-corrected chi connectivity index (χ1v) is 3.60. The molecule has 0 fully saturated rings. The minimum Gasteiger partial charge on any atom is -0.481 e. The molecule has 0 saturated heterocycles. The molecule has 0 amide bonds. The first-order chi connectivity index (χ1) is 5.49. The predicted octanol–water partition coefficient (Wildman–Crippen LogP) is 1.13. The largest absolute Gasteiger partial charge is 0.481 e. The van der Waals surface area contributed by atoms with E-state index in [0.29, 0.717) is 0 Å². The topological polar surface area (TPSA) is 74.6 Å². The summed E-state index contributed by atoms with van der Waals surface area (Å²) >= 11 is 0. The second-order valence-electron chi connectivity index (χ2n) is 2.55. The molecule has 2 N–H and O–H groups in total. The number of hydrogen-bond donors (Lipinski definition) is 2. The van der Waals surface area contributed by atoms with E-state index in [4.69, 9.17) is 10.2 Å². The summed E-state index contributed by atoms with van der Waals surface area (Å²) in [7, 11) is 0. The Kier molecular flexibility index (Phi) is 4.04. The van der Waals surface area contributed by atoms with Gasteiger partial charge >= 0.3 is 11.9 Å². The van der Waals surface area contributed by atoms with Crippen LogP contribution >= 0.6 is 0 Å². The van der Waals surface area contributed by atoms with Gasteiger partial charge in [0.1, 0.15) is 0 Å². The summed E-state index contributed by atoms with van der Waals surface area (Å²) in [5, 5.41) is 17.0. The molecule has 12 heavy (non-hydrogen) atoms. The third-order valence-corrected chi connectivity index (χ3v) is 1.57. The molecule has 0 heterocycles. The van der Waals surface area contributed by atoms with Crippen LogP contribution in [0.25, 0.3) is 0 Å². The van der Waals surface area contributed by atoms with Crippen molar-refractivity contribution in [3.63, 3.8) is 0 Å². The Bertz CT molecular complexity index is 217. The van der Waals surface area contributed by atoms with E-state index in [1.54, 1.807) is 13.8 Å². The van der Waals surface area contributed by atoms with Gasteiger partial charge in [0.15, 0.2) is 0 Å². The Labute approximate surface area is 70.5 Å². The second kappa shape index (κ2) is 4.54. The zero-order valence-corrected chi connectivity index (χ0v) is 7.07. The third-order valence-electron chi connectivity index (χ3n) is 1.57. The molecule has 0 aromatic carbocycles. The average Bonchev–Trinajstić information content (AvgIpc) is 1.85. The van der Waals surface area contributed by atoms with Crippen LogP contribution in [0.5, 0.6) is 0 Å². The van der Waals surface area contributed by atoms with Crippen LogP contribution in [0.1, 0.15) is 20.3 Å². The summed E-state index contributed by atoms with van der Waals surface area (Å²) in [5.74, 6) is -2.47. The van der Waals surface area contributed by atoms with Crippen LogP contribution in [0.2, 0.25) is 0 Å². The molecule has 1 unspecified atom stereocenters. The molecule has 0 aliphatic heterocycles. The third kappa shape index (κ3) is 3.18. The van der Waals surface area contributed by atoms with E-state index < -0.39 is 17.9 Å². The Morgan fingerprint density at radius 3 is 2.17 bits per heavy atom. The monoisotopic (exact) mass is 172 g/mol. The van der Waals surface area contributed by atoms with Crippen molar-refractivity contribution in [1.82, 2.24) is 0 Å². The van der Waals surface area contributed by atoms with Crippen LogP contribution in [-0.2, 0) is 9.59 Å². The van der Waals surface area contributed by atoms with E-state index in [9.17, 15) is 9.59 Å². The van der Waals surface area contributed by atoms with Gasteiger partial charge in [-0.2, -0.15) is 0 Å². The van der Waals surface area contributed by atoms with Gasteiger partial charge in [-0.3, -0.25) is 4.79 Å². The van der Waals surface area contributed by atoms with Gasteiger partial charge < -0.3 is 10.2 Å². The van der Waals surface area contributed by atoms with E-state index in [-0.39, 0.29) is 12.0 Å². The van der Waals surface area contributed by atoms with Gasteiger partial charge in [-0.15, -0.1) is 0 Å². The maximum absolute atomic E-state index is 10.5. The van der Waals surface area contributed by atoms with Gasteiger partial charge in [0, 0.05) is 5.57 Å². The highest BCUT2D eigenvalue weighted by Gasteiger charge is 2.17. The van der Waals surface area contributed by atoms with Crippen molar-refractivity contribution >= 4 is 11.9 Å². The molecule has 0 rings (SSSR count). The lowest BCUT2D eigenvalue weighted by Crippen LogP contribution is -2.13. The Morgan fingerprint density at radius 1 is 1.42 bits per heavy atom. The molecule has 0 aromatic rings. The first-order valence-electron chi connectivity index (χ1n) is 3.60. The summed E-state index contributed by atoms with van der Waals surface area (Å²) in [6.45, 7) is 3.17. The summed E-state index contributed by atoms with van der Waals surface area (Å²) in [6, 6.07) is 0.